The van der Waals surface area contributed by atoms with Gasteiger partial charge in [-0.05, 0) is 30.3 Å². The highest BCUT2D eigenvalue weighted by atomic mass is 35.5. The second-order valence-corrected chi connectivity index (χ2v) is 6.62. The van der Waals surface area contributed by atoms with E-state index in [1.54, 1.807) is 41.2 Å². The Bertz CT molecular complexity index is 1090. The third-order valence-electron chi connectivity index (χ3n) is 3.72. The summed E-state index contributed by atoms with van der Waals surface area (Å²) in [6, 6.07) is 8.48. The van der Waals surface area contributed by atoms with E-state index in [-0.39, 0.29) is 5.89 Å². The molecule has 0 aliphatic carbocycles. The number of hydrogen-bond donors (Lipinski definition) is 0. The van der Waals surface area contributed by atoms with Gasteiger partial charge in [-0.3, -0.25) is 4.98 Å². The molecule has 0 saturated heterocycles. The zero-order valence-corrected chi connectivity index (χ0v) is 15.4. The third-order valence-corrected chi connectivity index (χ3v) is 4.16. The summed E-state index contributed by atoms with van der Waals surface area (Å²) in [6.07, 6.45) is 0.390. The monoisotopic (exact) mass is 422 g/mol. The van der Waals surface area contributed by atoms with Crippen molar-refractivity contribution in [2.45, 2.75) is 13.0 Å². The van der Waals surface area contributed by atoms with Crippen LogP contribution in [0.3, 0.4) is 0 Å². The molecule has 7 nitrogen and oxygen atoms in total. The van der Waals surface area contributed by atoms with Crippen LogP contribution in [0.15, 0.2) is 47.1 Å². The van der Waals surface area contributed by atoms with E-state index in [1.807, 2.05) is 0 Å². The summed E-state index contributed by atoms with van der Waals surface area (Å²) in [5.41, 5.74) is 2.48. The molecular formula is C17H10Cl2F2N6O. The Morgan fingerprint density at radius 2 is 1.79 bits per heavy atom. The number of halogens is 4. The number of pyridine rings is 1. The minimum Gasteiger partial charge on any atom is -0.415 e. The van der Waals surface area contributed by atoms with Crippen LogP contribution in [0.25, 0.3) is 22.7 Å². The van der Waals surface area contributed by atoms with E-state index in [0.717, 1.165) is 5.56 Å². The van der Waals surface area contributed by atoms with E-state index in [0.29, 0.717) is 33.5 Å². The van der Waals surface area contributed by atoms with Crippen molar-refractivity contribution < 1.29 is 13.2 Å². The number of hydrogen-bond acceptors (Lipinski definition) is 6. The SMILES string of the molecule is FC(F)c1nnc(-c2ccc(Cn3cc(-c4cc(Cl)cc(Cl)c4)nn3)nc2)o1. The number of aromatic nitrogens is 6. The van der Waals surface area contributed by atoms with Crippen molar-refractivity contribution in [2.75, 3.05) is 0 Å². The van der Waals surface area contributed by atoms with E-state index in [2.05, 4.69) is 25.5 Å². The molecule has 3 aromatic heterocycles. The van der Waals surface area contributed by atoms with Crippen LogP contribution in [-0.2, 0) is 6.54 Å². The van der Waals surface area contributed by atoms with Gasteiger partial charge >= 0.3 is 6.43 Å². The van der Waals surface area contributed by atoms with Gasteiger partial charge in [-0.15, -0.1) is 15.3 Å². The van der Waals surface area contributed by atoms with Crippen molar-refractivity contribution in [2.24, 2.45) is 0 Å². The maximum Gasteiger partial charge on any atom is 0.314 e. The van der Waals surface area contributed by atoms with Crippen LogP contribution in [0.5, 0.6) is 0 Å². The van der Waals surface area contributed by atoms with Gasteiger partial charge in [0.1, 0.15) is 5.69 Å². The van der Waals surface area contributed by atoms with Gasteiger partial charge < -0.3 is 4.42 Å². The van der Waals surface area contributed by atoms with Crippen LogP contribution in [0, 0.1) is 0 Å². The summed E-state index contributed by atoms with van der Waals surface area (Å²) in [7, 11) is 0. The van der Waals surface area contributed by atoms with Crippen LogP contribution in [-0.4, -0.2) is 30.2 Å². The first-order valence-corrected chi connectivity index (χ1v) is 8.67. The number of benzene rings is 1. The molecule has 3 heterocycles. The zero-order valence-electron chi connectivity index (χ0n) is 13.9. The molecule has 28 heavy (non-hydrogen) atoms. The molecule has 0 saturated carbocycles. The molecular weight excluding hydrogens is 413 g/mol. The summed E-state index contributed by atoms with van der Waals surface area (Å²) < 4.78 is 31.6. The standard InChI is InChI=1S/C17H10Cl2F2N6O/c18-11-3-10(4-12(19)5-11)14-8-27(26-23-14)7-13-2-1-9(6-22-13)16-24-25-17(28-16)15(20)21/h1-6,8,15H,7H2. The van der Waals surface area contributed by atoms with Crippen LogP contribution in [0.1, 0.15) is 18.0 Å². The predicted molar refractivity (Wildman–Crippen MR) is 97.1 cm³/mol. The summed E-state index contributed by atoms with van der Waals surface area (Å²) in [5, 5.41) is 16.1. The minimum atomic E-state index is -2.82. The molecule has 0 bridgehead atoms. The van der Waals surface area contributed by atoms with Crippen LogP contribution in [0.4, 0.5) is 8.78 Å². The molecule has 142 valence electrons. The number of nitrogens with zero attached hydrogens (tertiary/aromatic N) is 6. The summed E-state index contributed by atoms with van der Waals surface area (Å²) in [4.78, 5) is 4.27. The lowest BCUT2D eigenvalue weighted by Crippen LogP contribution is -2.02. The van der Waals surface area contributed by atoms with Gasteiger partial charge in [0.25, 0.3) is 5.89 Å². The normalized spacial score (nSPS) is 11.3. The molecule has 0 aliphatic rings. The average Bonchev–Trinajstić information content (AvgIpc) is 3.31. The largest absolute Gasteiger partial charge is 0.415 e. The van der Waals surface area contributed by atoms with Crippen LogP contribution < -0.4 is 0 Å². The van der Waals surface area contributed by atoms with Gasteiger partial charge in [0, 0.05) is 21.8 Å². The van der Waals surface area contributed by atoms with Crippen molar-refractivity contribution in [3.63, 3.8) is 0 Å². The van der Waals surface area contributed by atoms with Crippen LogP contribution in [0.2, 0.25) is 10.0 Å². The van der Waals surface area contributed by atoms with Crippen molar-refractivity contribution in [1.82, 2.24) is 30.2 Å². The minimum absolute atomic E-state index is 0.0183. The first-order valence-electron chi connectivity index (χ1n) is 7.91. The van der Waals surface area contributed by atoms with E-state index in [4.69, 9.17) is 27.6 Å². The predicted octanol–water partition coefficient (Wildman–Crippen LogP) is 4.68. The number of rotatable bonds is 5. The Morgan fingerprint density at radius 3 is 2.43 bits per heavy atom. The van der Waals surface area contributed by atoms with Gasteiger partial charge in [-0.1, -0.05) is 28.4 Å². The molecule has 4 aromatic rings. The van der Waals surface area contributed by atoms with Gasteiger partial charge in [0.05, 0.1) is 24.0 Å². The Hall–Kier alpha value is -2.91. The van der Waals surface area contributed by atoms with E-state index in [9.17, 15) is 8.78 Å². The van der Waals surface area contributed by atoms with Crippen LogP contribution >= 0.6 is 23.2 Å². The van der Waals surface area contributed by atoms with E-state index < -0.39 is 12.3 Å². The molecule has 4 rings (SSSR count). The van der Waals surface area contributed by atoms with E-state index in [1.165, 1.54) is 6.20 Å². The lowest BCUT2D eigenvalue weighted by Gasteiger charge is -2.01. The Kier molecular flexibility index (Phi) is 5.01. The topological polar surface area (TPSA) is 82.5 Å². The fraction of sp³-hybridized carbons (Fsp3) is 0.118. The molecule has 11 heteroatoms. The lowest BCUT2D eigenvalue weighted by atomic mass is 10.2. The second kappa shape index (κ2) is 7.61. The maximum absolute atomic E-state index is 12.5. The maximum atomic E-state index is 12.5. The molecule has 0 fully saturated rings. The van der Waals surface area contributed by atoms with Gasteiger partial charge in [0.15, 0.2) is 0 Å². The molecule has 0 unspecified atom stereocenters. The zero-order chi connectivity index (χ0) is 19.7. The summed E-state index contributed by atoms with van der Waals surface area (Å²) in [6.45, 7) is 0.355. The van der Waals surface area contributed by atoms with E-state index >= 15 is 0 Å². The summed E-state index contributed by atoms with van der Waals surface area (Å²) >= 11 is 12.0. The smallest absolute Gasteiger partial charge is 0.314 e. The molecule has 1 aromatic carbocycles. The van der Waals surface area contributed by atoms with Gasteiger partial charge in [-0.2, -0.15) is 8.78 Å². The average molecular weight is 423 g/mol. The molecule has 0 N–H and O–H groups in total. The van der Waals surface area contributed by atoms with Crippen molar-refractivity contribution in [3.8, 4) is 22.7 Å². The van der Waals surface area contributed by atoms with Gasteiger partial charge in [0.2, 0.25) is 5.89 Å². The van der Waals surface area contributed by atoms with Gasteiger partial charge in [-0.25, -0.2) is 4.68 Å². The third kappa shape index (κ3) is 4.00. The van der Waals surface area contributed by atoms with Crippen molar-refractivity contribution in [1.29, 1.82) is 0 Å². The number of alkyl halides is 2. The molecule has 0 radical (unpaired) electrons. The molecule has 0 aliphatic heterocycles. The molecule has 0 spiro atoms. The highest BCUT2D eigenvalue weighted by molar-refractivity contribution is 6.35. The van der Waals surface area contributed by atoms with Crippen molar-refractivity contribution in [3.05, 3.63) is 64.4 Å². The lowest BCUT2D eigenvalue weighted by molar-refractivity contribution is 0.116. The Labute approximate surface area is 166 Å². The molecule has 0 amide bonds. The van der Waals surface area contributed by atoms with Crippen molar-refractivity contribution >= 4 is 23.2 Å². The quantitative estimate of drug-likeness (QED) is 0.464. The summed E-state index contributed by atoms with van der Waals surface area (Å²) in [5.74, 6) is -0.745. The fourth-order valence-corrected chi connectivity index (χ4v) is 2.99. The first-order chi connectivity index (χ1) is 13.5. The fourth-order valence-electron chi connectivity index (χ4n) is 2.46. The highest BCUT2D eigenvalue weighted by Gasteiger charge is 2.17. The Balaban J connectivity index is 1.49. The first kappa shape index (κ1) is 18.5. The molecule has 0 atom stereocenters. The second-order valence-electron chi connectivity index (χ2n) is 5.74. The highest BCUT2D eigenvalue weighted by Crippen LogP contribution is 2.26. The Morgan fingerprint density at radius 1 is 1.00 bits per heavy atom.